The van der Waals surface area contributed by atoms with E-state index in [-0.39, 0.29) is 0 Å². The Morgan fingerprint density at radius 1 is 1.38 bits per heavy atom. The molecule has 1 N–H and O–H groups in total. The third-order valence-electron chi connectivity index (χ3n) is 3.66. The van der Waals surface area contributed by atoms with Crippen molar-refractivity contribution in [1.29, 1.82) is 0 Å². The SMILES string of the molecule is CCC(COC)NCC1CCCCN1CC. The van der Waals surface area contributed by atoms with E-state index in [1.165, 1.54) is 32.4 Å². The number of methoxy groups -OCH3 is 1. The summed E-state index contributed by atoms with van der Waals surface area (Å²) in [6.45, 7) is 8.91. The lowest BCUT2D eigenvalue weighted by molar-refractivity contribution is 0.131. The Bertz CT molecular complexity index is 175. The fourth-order valence-corrected chi connectivity index (χ4v) is 2.53. The molecule has 0 aromatic rings. The van der Waals surface area contributed by atoms with Crippen LogP contribution >= 0.6 is 0 Å². The first-order valence-electron chi connectivity index (χ1n) is 6.78. The maximum Gasteiger partial charge on any atom is 0.0615 e. The molecule has 0 saturated carbocycles. The molecule has 0 aliphatic carbocycles. The first-order chi connectivity index (χ1) is 7.81. The van der Waals surface area contributed by atoms with Gasteiger partial charge in [-0.05, 0) is 32.4 Å². The van der Waals surface area contributed by atoms with Gasteiger partial charge >= 0.3 is 0 Å². The third kappa shape index (κ3) is 4.40. The minimum atomic E-state index is 0.519. The summed E-state index contributed by atoms with van der Waals surface area (Å²) in [5, 5.41) is 3.64. The van der Waals surface area contributed by atoms with Crippen molar-refractivity contribution in [3.8, 4) is 0 Å². The molecule has 0 bridgehead atoms. The van der Waals surface area contributed by atoms with Crippen molar-refractivity contribution in [2.75, 3.05) is 33.4 Å². The summed E-state index contributed by atoms with van der Waals surface area (Å²) < 4.78 is 5.21. The molecule has 1 fully saturated rings. The van der Waals surface area contributed by atoms with E-state index in [0.29, 0.717) is 6.04 Å². The summed E-state index contributed by atoms with van der Waals surface area (Å²) in [6, 6.07) is 1.26. The van der Waals surface area contributed by atoms with E-state index in [9.17, 15) is 0 Å². The minimum Gasteiger partial charge on any atom is -0.383 e. The first kappa shape index (κ1) is 13.9. The van der Waals surface area contributed by atoms with Gasteiger partial charge in [0.25, 0.3) is 0 Å². The third-order valence-corrected chi connectivity index (χ3v) is 3.66. The van der Waals surface area contributed by atoms with Gasteiger partial charge in [-0.15, -0.1) is 0 Å². The molecule has 3 nitrogen and oxygen atoms in total. The summed E-state index contributed by atoms with van der Waals surface area (Å²) in [7, 11) is 1.78. The van der Waals surface area contributed by atoms with Crippen LogP contribution < -0.4 is 5.32 Å². The quantitative estimate of drug-likeness (QED) is 0.720. The van der Waals surface area contributed by atoms with E-state index in [4.69, 9.17) is 4.74 Å². The van der Waals surface area contributed by atoms with Crippen molar-refractivity contribution in [1.82, 2.24) is 10.2 Å². The van der Waals surface area contributed by atoms with Crippen molar-refractivity contribution in [2.45, 2.75) is 51.6 Å². The average Bonchev–Trinajstić information content (AvgIpc) is 2.34. The van der Waals surface area contributed by atoms with Gasteiger partial charge in [0, 0.05) is 25.7 Å². The first-order valence-corrected chi connectivity index (χ1v) is 6.78. The summed E-state index contributed by atoms with van der Waals surface area (Å²) in [5.41, 5.74) is 0. The number of likely N-dealkylation sites (N-methyl/N-ethyl adjacent to an activating group) is 1. The standard InChI is InChI=1S/C13H28N2O/c1-4-12(11-16-3)14-10-13-8-6-7-9-15(13)5-2/h12-14H,4-11H2,1-3H3. The van der Waals surface area contributed by atoms with Crippen molar-refractivity contribution in [2.24, 2.45) is 0 Å². The summed E-state index contributed by atoms with van der Waals surface area (Å²) in [5.74, 6) is 0. The molecule has 2 atom stereocenters. The Labute approximate surface area is 101 Å². The number of hydrogen-bond donors (Lipinski definition) is 1. The highest BCUT2D eigenvalue weighted by Gasteiger charge is 2.21. The molecule has 1 saturated heterocycles. The second-order valence-corrected chi connectivity index (χ2v) is 4.75. The summed E-state index contributed by atoms with van der Waals surface area (Å²) in [4.78, 5) is 2.61. The molecule has 0 spiro atoms. The van der Waals surface area contributed by atoms with Crippen LogP contribution in [0.4, 0.5) is 0 Å². The zero-order valence-electron chi connectivity index (χ0n) is 11.2. The van der Waals surface area contributed by atoms with E-state index in [2.05, 4.69) is 24.1 Å². The van der Waals surface area contributed by atoms with E-state index < -0.39 is 0 Å². The van der Waals surface area contributed by atoms with Crippen molar-refractivity contribution < 1.29 is 4.74 Å². The van der Waals surface area contributed by atoms with E-state index in [1.807, 2.05) is 0 Å². The van der Waals surface area contributed by atoms with E-state index in [0.717, 1.165) is 25.6 Å². The molecule has 1 aliphatic rings. The Kier molecular flexibility index (Phi) is 7.01. The molecule has 16 heavy (non-hydrogen) atoms. The lowest BCUT2D eigenvalue weighted by atomic mass is 10.0. The highest BCUT2D eigenvalue weighted by molar-refractivity contribution is 4.79. The molecule has 1 aliphatic heterocycles. The van der Waals surface area contributed by atoms with Crippen LogP contribution in [0.15, 0.2) is 0 Å². The zero-order valence-corrected chi connectivity index (χ0v) is 11.2. The van der Waals surface area contributed by atoms with Gasteiger partial charge in [0.2, 0.25) is 0 Å². The topological polar surface area (TPSA) is 24.5 Å². The maximum absolute atomic E-state index is 5.21. The van der Waals surface area contributed by atoms with Crippen LogP contribution in [0.5, 0.6) is 0 Å². The van der Waals surface area contributed by atoms with Gasteiger partial charge in [-0.3, -0.25) is 4.90 Å². The number of ether oxygens (including phenoxy) is 1. The van der Waals surface area contributed by atoms with Crippen LogP contribution in [-0.2, 0) is 4.74 Å². The highest BCUT2D eigenvalue weighted by atomic mass is 16.5. The average molecular weight is 228 g/mol. The largest absolute Gasteiger partial charge is 0.383 e. The number of nitrogens with zero attached hydrogens (tertiary/aromatic N) is 1. The van der Waals surface area contributed by atoms with Crippen LogP contribution in [0.3, 0.4) is 0 Å². The second-order valence-electron chi connectivity index (χ2n) is 4.75. The van der Waals surface area contributed by atoms with Crippen LogP contribution in [0.2, 0.25) is 0 Å². The molecule has 2 unspecified atom stereocenters. The number of rotatable bonds is 7. The normalized spacial score (nSPS) is 24.6. The number of hydrogen-bond acceptors (Lipinski definition) is 3. The predicted octanol–water partition coefficient (Wildman–Crippen LogP) is 1.88. The lowest BCUT2D eigenvalue weighted by Crippen LogP contribution is -2.48. The Morgan fingerprint density at radius 3 is 2.81 bits per heavy atom. The molecular weight excluding hydrogens is 200 g/mol. The lowest BCUT2D eigenvalue weighted by Gasteiger charge is -2.35. The number of likely N-dealkylation sites (tertiary alicyclic amines) is 1. The molecule has 0 aromatic carbocycles. The van der Waals surface area contributed by atoms with Crippen LogP contribution in [0.25, 0.3) is 0 Å². The molecule has 96 valence electrons. The second kappa shape index (κ2) is 8.04. The predicted molar refractivity (Wildman–Crippen MR) is 68.8 cm³/mol. The fraction of sp³-hybridized carbons (Fsp3) is 1.00. The van der Waals surface area contributed by atoms with Crippen LogP contribution in [-0.4, -0.2) is 50.3 Å². The van der Waals surface area contributed by atoms with Gasteiger partial charge in [-0.2, -0.15) is 0 Å². The molecule has 0 amide bonds. The molecule has 0 aromatic heterocycles. The molecule has 0 radical (unpaired) electrons. The Hall–Kier alpha value is -0.120. The zero-order chi connectivity index (χ0) is 11.8. The summed E-state index contributed by atoms with van der Waals surface area (Å²) in [6.07, 6.45) is 5.26. The van der Waals surface area contributed by atoms with Crippen LogP contribution in [0.1, 0.15) is 39.5 Å². The molecule has 1 rings (SSSR count). The highest BCUT2D eigenvalue weighted by Crippen LogP contribution is 2.15. The van der Waals surface area contributed by atoms with E-state index in [1.54, 1.807) is 7.11 Å². The van der Waals surface area contributed by atoms with Gasteiger partial charge in [0.15, 0.2) is 0 Å². The monoisotopic (exact) mass is 228 g/mol. The Morgan fingerprint density at radius 2 is 2.19 bits per heavy atom. The van der Waals surface area contributed by atoms with Gasteiger partial charge in [-0.1, -0.05) is 20.3 Å². The van der Waals surface area contributed by atoms with E-state index >= 15 is 0 Å². The number of nitrogens with one attached hydrogen (secondary N) is 1. The number of piperidine rings is 1. The molecule has 1 heterocycles. The minimum absolute atomic E-state index is 0.519. The van der Waals surface area contributed by atoms with Gasteiger partial charge < -0.3 is 10.1 Å². The van der Waals surface area contributed by atoms with Crippen molar-refractivity contribution in [3.05, 3.63) is 0 Å². The van der Waals surface area contributed by atoms with Crippen molar-refractivity contribution in [3.63, 3.8) is 0 Å². The maximum atomic E-state index is 5.21. The smallest absolute Gasteiger partial charge is 0.0615 e. The molecular formula is C13H28N2O. The molecule has 3 heteroatoms. The van der Waals surface area contributed by atoms with Crippen molar-refractivity contribution >= 4 is 0 Å². The van der Waals surface area contributed by atoms with Gasteiger partial charge in [0.1, 0.15) is 0 Å². The fourth-order valence-electron chi connectivity index (χ4n) is 2.53. The van der Waals surface area contributed by atoms with Gasteiger partial charge in [0.05, 0.1) is 6.61 Å². The Balaban J connectivity index is 2.28. The van der Waals surface area contributed by atoms with Gasteiger partial charge in [-0.25, -0.2) is 0 Å². The summed E-state index contributed by atoms with van der Waals surface area (Å²) >= 11 is 0. The van der Waals surface area contributed by atoms with Crippen LogP contribution in [0, 0.1) is 0 Å².